The number of H-pyrrole nitrogens is 1. The molecule has 0 radical (unpaired) electrons. The third kappa shape index (κ3) is 2.46. The molecule has 0 saturated carbocycles. The van der Waals surface area contributed by atoms with Gasteiger partial charge in [-0.25, -0.2) is 0 Å². The second kappa shape index (κ2) is 5.33. The third-order valence-corrected chi connectivity index (χ3v) is 4.01. The number of aromatic nitrogens is 3. The van der Waals surface area contributed by atoms with Crippen molar-refractivity contribution in [2.24, 2.45) is 0 Å². The fourth-order valence-electron chi connectivity index (χ4n) is 1.63. The first kappa shape index (κ1) is 12.8. The van der Waals surface area contributed by atoms with Gasteiger partial charge >= 0.3 is 0 Å². The van der Waals surface area contributed by atoms with Crippen molar-refractivity contribution in [3.8, 4) is 11.4 Å². The summed E-state index contributed by atoms with van der Waals surface area (Å²) in [5.41, 5.74) is 0.877. The van der Waals surface area contributed by atoms with Gasteiger partial charge in [0.15, 0.2) is 10.6 Å². The molecule has 0 amide bonds. The van der Waals surface area contributed by atoms with Gasteiger partial charge in [-0.3, -0.25) is 5.10 Å². The fraction of sp³-hybridized carbons (Fsp3) is 0.273. The molecular weight excluding hydrogens is 322 g/mol. The van der Waals surface area contributed by atoms with E-state index in [4.69, 9.17) is 23.8 Å². The highest BCUT2D eigenvalue weighted by Gasteiger charge is 2.13. The van der Waals surface area contributed by atoms with Gasteiger partial charge in [0.05, 0.1) is 5.02 Å². The Morgan fingerprint density at radius 2 is 2.29 bits per heavy atom. The molecule has 1 aromatic heterocycles. The highest BCUT2D eigenvalue weighted by atomic mass is 79.9. The summed E-state index contributed by atoms with van der Waals surface area (Å²) in [5.74, 6) is 0.781. The lowest BCUT2D eigenvalue weighted by atomic mass is 10.2. The second-order valence-corrected chi connectivity index (χ2v) is 5.22. The predicted molar refractivity (Wildman–Crippen MR) is 75.8 cm³/mol. The minimum Gasteiger partial charge on any atom is -0.300 e. The molecule has 0 aliphatic carbocycles. The monoisotopic (exact) mass is 331 g/mol. The molecule has 2 aromatic rings. The van der Waals surface area contributed by atoms with Crippen molar-refractivity contribution in [1.82, 2.24) is 14.8 Å². The Kier molecular flexibility index (Phi) is 4.01. The van der Waals surface area contributed by atoms with Gasteiger partial charge in [0.2, 0.25) is 0 Å². The van der Waals surface area contributed by atoms with Crippen molar-refractivity contribution in [2.75, 3.05) is 0 Å². The van der Waals surface area contributed by atoms with Crippen LogP contribution in [0.15, 0.2) is 22.7 Å². The maximum Gasteiger partial charge on any atom is 0.195 e. The summed E-state index contributed by atoms with van der Waals surface area (Å²) in [6.45, 7) is 2.93. The van der Waals surface area contributed by atoms with E-state index in [9.17, 15) is 0 Å². The average molecular weight is 333 g/mol. The summed E-state index contributed by atoms with van der Waals surface area (Å²) < 4.78 is 3.44. The lowest BCUT2D eigenvalue weighted by Crippen LogP contribution is -2.00. The molecule has 0 aliphatic heterocycles. The summed E-state index contributed by atoms with van der Waals surface area (Å²) >= 11 is 14.9. The number of halogens is 2. The number of hydrogen-bond donors (Lipinski definition) is 1. The van der Waals surface area contributed by atoms with Crippen LogP contribution in [0.4, 0.5) is 0 Å². The first-order valence-electron chi connectivity index (χ1n) is 5.24. The first-order valence-corrected chi connectivity index (χ1v) is 6.82. The molecule has 0 aliphatic rings. The van der Waals surface area contributed by atoms with Crippen LogP contribution in [-0.2, 0) is 6.54 Å². The van der Waals surface area contributed by atoms with Crippen LogP contribution in [0.25, 0.3) is 11.4 Å². The van der Waals surface area contributed by atoms with Crippen LogP contribution in [0.1, 0.15) is 13.3 Å². The maximum atomic E-state index is 6.26. The molecule has 90 valence electrons. The summed E-state index contributed by atoms with van der Waals surface area (Å²) in [6, 6.07) is 5.76. The highest BCUT2D eigenvalue weighted by molar-refractivity contribution is 9.10. The van der Waals surface area contributed by atoms with Crippen LogP contribution < -0.4 is 0 Å². The van der Waals surface area contributed by atoms with E-state index < -0.39 is 0 Å². The van der Waals surface area contributed by atoms with Crippen LogP contribution >= 0.6 is 39.7 Å². The Bertz CT molecular complexity index is 591. The standard InChI is InChI=1S/C11H11BrClN3S/c1-2-6-16-10(14-15-11(16)17)7-4-3-5-8(12)9(7)13/h3-5H,2,6H2,1H3,(H,15,17). The largest absolute Gasteiger partial charge is 0.300 e. The molecule has 0 bridgehead atoms. The van der Waals surface area contributed by atoms with Crippen molar-refractivity contribution in [3.63, 3.8) is 0 Å². The van der Waals surface area contributed by atoms with Gasteiger partial charge in [-0.1, -0.05) is 24.6 Å². The molecule has 0 atom stereocenters. The van der Waals surface area contributed by atoms with E-state index in [2.05, 4.69) is 33.1 Å². The molecule has 0 unspecified atom stereocenters. The Hall–Kier alpha value is -0.650. The predicted octanol–water partition coefficient (Wildman–Crippen LogP) is 4.43. The van der Waals surface area contributed by atoms with Gasteiger partial charge in [-0.05, 0) is 46.7 Å². The molecule has 1 N–H and O–H groups in total. The lowest BCUT2D eigenvalue weighted by Gasteiger charge is -2.07. The van der Waals surface area contributed by atoms with Gasteiger partial charge in [0.1, 0.15) is 0 Å². The van der Waals surface area contributed by atoms with Gasteiger partial charge in [0.25, 0.3) is 0 Å². The zero-order chi connectivity index (χ0) is 12.4. The molecule has 2 rings (SSSR count). The van der Waals surface area contributed by atoms with Gasteiger partial charge < -0.3 is 4.57 Å². The van der Waals surface area contributed by atoms with E-state index in [1.54, 1.807) is 0 Å². The van der Waals surface area contributed by atoms with Crippen molar-refractivity contribution in [3.05, 3.63) is 32.5 Å². The van der Waals surface area contributed by atoms with Crippen LogP contribution in [0, 0.1) is 4.77 Å². The Labute approximate surface area is 118 Å². The zero-order valence-electron chi connectivity index (χ0n) is 9.20. The molecule has 0 saturated heterocycles. The smallest absolute Gasteiger partial charge is 0.195 e. The molecule has 17 heavy (non-hydrogen) atoms. The van der Waals surface area contributed by atoms with Crippen molar-refractivity contribution < 1.29 is 0 Å². The molecule has 0 spiro atoms. The SMILES string of the molecule is CCCn1c(-c2cccc(Br)c2Cl)n[nH]c1=S. The quantitative estimate of drug-likeness (QED) is 0.843. The van der Waals surface area contributed by atoms with Crippen LogP contribution in [0.2, 0.25) is 5.02 Å². The fourth-order valence-corrected chi connectivity index (χ4v) is 2.43. The van der Waals surface area contributed by atoms with Gasteiger partial charge in [-0.15, -0.1) is 0 Å². The van der Waals surface area contributed by atoms with Crippen molar-refractivity contribution in [2.45, 2.75) is 19.9 Å². The Balaban J connectivity index is 2.60. The minimum atomic E-state index is 0.623. The second-order valence-electron chi connectivity index (χ2n) is 3.61. The topological polar surface area (TPSA) is 33.6 Å². The molecule has 1 aromatic carbocycles. The molecule has 1 heterocycles. The molecule has 6 heteroatoms. The van der Waals surface area contributed by atoms with E-state index in [-0.39, 0.29) is 0 Å². The number of nitrogens with one attached hydrogen (secondary N) is 1. The van der Waals surface area contributed by atoms with Gasteiger partial charge in [0, 0.05) is 16.6 Å². The van der Waals surface area contributed by atoms with Gasteiger partial charge in [-0.2, -0.15) is 5.10 Å². The number of benzene rings is 1. The zero-order valence-corrected chi connectivity index (χ0v) is 12.4. The average Bonchev–Trinajstić information content (AvgIpc) is 2.66. The number of nitrogens with zero attached hydrogens (tertiary/aromatic N) is 2. The highest BCUT2D eigenvalue weighted by Crippen LogP contribution is 2.32. The molecule has 0 fully saturated rings. The maximum absolute atomic E-state index is 6.26. The van der Waals surface area contributed by atoms with E-state index in [0.29, 0.717) is 9.79 Å². The summed E-state index contributed by atoms with van der Waals surface area (Å²) in [5, 5.41) is 7.71. The molecule has 3 nitrogen and oxygen atoms in total. The molecular formula is C11H11BrClN3S. The normalized spacial score (nSPS) is 10.8. The van der Waals surface area contributed by atoms with Crippen molar-refractivity contribution in [1.29, 1.82) is 0 Å². The van der Waals surface area contributed by atoms with Crippen LogP contribution in [-0.4, -0.2) is 14.8 Å². The summed E-state index contributed by atoms with van der Waals surface area (Å²) in [7, 11) is 0. The third-order valence-electron chi connectivity index (χ3n) is 2.40. The van der Waals surface area contributed by atoms with Crippen LogP contribution in [0.5, 0.6) is 0 Å². The van der Waals surface area contributed by atoms with E-state index in [0.717, 1.165) is 28.8 Å². The minimum absolute atomic E-state index is 0.623. The van der Waals surface area contributed by atoms with Crippen molar-refractivity contribution >= 4 is 39.7 Å². The lowest BCUT2D eigenvalue weighted by molar-refractivity contribution is 0.675. The van der Waals surface area contributed by atoms with E-state index in [1.165, 1.54) is 0 Å². The van der Waals surface area contributed by atoms with Crippen LogP contribution in [0.3, 0.4) is 0 Å². The number of rotatable bonds is 3. The Morgan fingerprint density at radius 1 is 1.53 bits per heavy atom. The number of aromatic amines is 1. The van der Waals surface area contributed by atoms with E-state index in [1.807, 2.05) is 22.8 Å². The summed E-state index contributed by atoms with van der Waals surface area (Å²) in [6.07, 6.45) is 0.993. The first-order chi connectivity index (χ1) is 8.15. The van der Waals surface area contributed by atoms with E-state index >= 15 is 0 Å². The Morgan fingerprint density at radius 3 is 3.00 bits per heavy atom. The summed E-state index contributed by atoms with van der Waals surface area (Å²) in [4.78, 5) is 0. The number of hydrogen-bond acceptors (Lipinski definition) is 2.